The Hall–Kier alpha value is -2.72. The van der Waals surface area contributed by atoms with Crippen molar-refractivity contribution in [1.82, 2.24) is 9.47 Å². The number of hydrogen-bond acceptors (Lipinski definition) is 9. The number of carbonyl (C=O) groups is 3. The van der Waals surface area contributed by atoms with Gasteiger partial charge in [0.2, 0.25) is 5.91 Å². The molecule has 1 saturated carbocycles. The summed E-state index contributed by atoms with van der Waals surface area (Å²) < 4.78 is 15.2. The SMILES string of the molecule is COC(=O)[C@@H]1[C@H]2C[C@H]3c4c(c5ccccc5n4C(C)=O)CCN3C[C@@H]2CC[C@@H]1OC(=O)CC(C)(C)SN=O. The molecule has 0 N–H and O–H groups in total. The van der Waals surface area contributed by atoms with Gasteiger partial charge in [0, 0.05) is 52.4 Å². The number of carbonyl (C=O) groups excluding carboxylic acids is 3. The van der Waals surface area contributed by atoms with Gasteiger partial charge in [-0.1, -0.05) is 18.2 Å². The Kier molecular flexibility index (Phi) is 7.39. The van der Waals surface area contributed by atoms with Crippen molar-refractivity contribution in [2.45, 2.75) is 69.8 Å². The average Bonchev–Trinajstić information content (AvgIpc) is 3.21. The first-order chi connectivity index (χ1) is 18.1. The number of piperidine rings is 1. The molecule has 3 heterocycles. The first kappa shape index (κ1) is 26.9. The van der Waals surface area contributed by atoms with E-state index in [0.29, 0.717) is 12.8 Å². The Balaban J connectivity index is 1.46. The fourth-order valence-electron chi connectivity index (χ4n) is 7.09. The molecule has 1 aromatic carbocycles. The molecule has 1 saturated heterocycles. The minimum absolute atomic E-state index is 0.00749. The van der Waals surface area contributed by atoms with Crippen LogP contribution in [0.15, 0.2) is 28.8 Å². The van der Waals surface area contributed by atoms with Crippen molar-refractivity contribution in [3.05, 3.63) is 40.4 Å². The van der Waals surface area contributed by atoms with Crippen molar-refractivity contribution in [2.75, 3.05) is 20.2 Å². The molecule has 1 aromatic heterocycles. The first-order valence-electron chi connectivity index (χ1n) is 13.3. The summed E-state index contributed by atoms with van der Waals surface area (Å²) in [5.74, 6) is -1.18. The summed E-state index contributed by atoms with van der Waals surface area (Å²) in [6.45, 7) is 6.87. The van der Waals surface area contributed by atoms with E-state index >= 15 is 0 Å². The molecule has 10 heteroatoms. The van der Waals surface area contributed by atoms with Gasteiger partial charge in [0.25, 0.3) is 0 Å². The highest BCUT2D eigenvalue weighted by Gasteiger charge is 2.51. The van der Waals surface area contributed by atoms with Crippen LogP contribution >= 0.6 is 11.9 Å². The third-order valence-electron chi connectivity index (χ3n) is 8.60. The second-order valence-electron chi connectivity index (χ2n) is 11.4. The number of esters is 2. The highest BCUT2D eigenvalue weighted by atomic mass is 32.2. The lowest BCUT2D eigenvalue weighted by molar-refractivity contribution is -0.172. The summed E-state index contributed by atoms with van der Waals surface area (Å²) in [5, 5.41) is 1.12. The van der Waals surface area contributed by atoms with E-state index in [-0.39, 0.29) is 36.2 Å². The van der Waals surface area contributed by atoms with Crippen LogP contribution in [0.25, 0.3) is 10.9 Å². The van der Waals surface area contributed by atoms with Crippen LogP contribution in [0.4, 0.5) is 0 Å². The number of aromatic nitrogens is 1. The van der Waals surface area contributed by atoms with Gasteiger partial charge in [-0.15, -0.1) is 4.91 Å². The average molecular weight is 542 g/mol. The van der Waals surface area contributed by atoms with E-state index in [1.807, 2.05) is 22.8 Å². The zero-order valence-corrected chi connectivity index (χ0v) is 23.2. The van der Waals surface area contributed by atoms with Crippen LogP contribution in [-0.4, -0.2) is 58.4 Å². The predicted octanol–water partition coefficient (Wildman–Crippen LogP) is 4.91. The van der Waals surface area contributed by atoms with Gasteiger partial charge in [0.1, 0.15) is 6.10 Å². The molecule has 0 bridgehead atoms. The molecule has 204 valence electrons. The number of fused-ring (bicyclic) bond motifs is 6. The van der Waals surface area contributed by atoms with Crippen LogP contribution in [0.5, 0.6) is 0 Å². The molecule has 5 atom stereocenters. The normalized spacial score (nSPS) is 27.1. The van der Waals surface area contributed by atoms with E-state index < -0.39 is 22.7 Å². The number of hydrogen-bond donors (Lipinski definition) is 0. The molecule has 1 aliphatic carbocycles. The van der Waals surface area contributed by atoms with Crippen molar-refractivity contribution >= 4 is 40.7 Å². The summed E-state index contributed by atoms with van der Waals surface area (Å²) in [6.07, 6.45) is 2.42. The van der Waals surface area contributed by atoms with Crippen molar-refractivity contribution in [1.29, 1.82) is 0 Å². The first-order valence-corrected chi connectivity index (χ1v) is 14.1. The fourth-order valence-corrected chi connectivity index (χ4v) is 7.48. The number of methoxy groups -OCH3 is 1. The van der Waals surface area contributed by atoms with Crippen molar-refractivity contribution in [3.63, 3.8) is 0 Å². The molecular formula is C28H35N3O6S. The highest BCUT2D eigenvalue weighted by molar-refractivity contribution is 7.99. The van der Waals surface area contributed by atoms with Crippen LogP contribution in [0.2, 0.25) is 0 Å². The lowest BCUT2D eigenvalue weighted by Gasteiger charge is -2.51. The van der Waals surface area contributed by atoms with Gasteiger partial charge in [-0.3, -0.25) is 23.9 Å². The van der Waals surface area contributed by atoms with Crippen LogP contribution in [0, 0.1) is 22.7 Å². The minimum atomic E-state index is -0.694. The van der Waals surface area contributed by atoms with E-state index in [2.05, 4.69) is 15.5 Å². The number of para-hydroxylation sites is 1. The van der Waals surface area contributed by atoms with E-state index in [0.717, 1.165) is 54.5 Å². The molecule has 5 rings (SSSR count). The molecule has 3 aliphatic rings. The number of nitroso groups, excluding NO2 is 1. The molecule has 0 radical (unpaired) electrons. The predicted molar refractivity (Wildman–Crippen MR) is 145 cm³/mol. The van der Waals surface area contributed by atoms with Crippen LogP contribution in [0.3, 0.4) is 0 Å². The Morgan fingerprint density at radius 3 is 2.66 bits per heavy atom. The van der Waals surface area contributed by atoms with E-state index in [9.17, 15) is 19.3 Å². The largest absolute Gasteiger partial charge is 0.469 e. The Morgan fingerprint density at radius 2 is 1.95 bits per heavy atom. The maximum atomic E-state index is 13.2. The molecule has 0 amide bonds. The molecule has 38 heavy (non-hydrogen) atoms. The van der Waals surface area contributed by atoms with Gasteiger partial charge in [-0.2, -0.15) is 0 Å². The minimum Gasteiger partial charge on any atom is -0.469 e. The summed E-state index contributed by atoms with van der Waals surface area (Å²) in [4.78, 5) is 52.1. The maximum absolute atomic E-state index is 13.2. The monoisotopic (exact) mass is 541 g/mol. The van der Waals surface area contributed by atoms with Gasteiger partial charge >= 0.3 is 11.9 Å². The summed E-state index contributed by atoms with van der Waals surface area (Å²) >= 11 is 0.806. The third kappa shape index (κ3) is 4.77. The summed E-state index contributed by atoms with van der Waals surface area (Å²) in [6, 6.07) is 8.04. The zero-order valence-electron chi connectivity index (χ0n) is 22.3. The molecular weight excluding hydrogens is 506 g/mol. The standard InChI is InChI=1S/C28H35N3O6S/c1-16(32)31-21-8-6-5-7-18(21)19-11-12-30-15-17-9-10-23(37-24(33)14-28(2,3)38-29-35)25(27(34)36-4)20(17)13-22(30)26(19)31/h5-8,17,20,22-23,25H,9-15H2,1-4H3/t17-,20-,22-,23-,25+/m0/s1. The van der Waals surface area contributed by atoms with Crippen LogP contribution < -0.4 is 0 Å². The molecule has 9 nitrogen and oxygen atoms in total. The Morgan fingerprint density at radius 1 is 1.18 bits per heavy atom. The molecule has 2 fully saturated rings. The fraction of sp³-hybridized carbons (Fsp3) is 0.607. The molecule has 0 unspecified atom stereocenters. The smallest absolute Gasteiger partial charge is 0.312 e. The Labute approximate surface area is 226 Å². The van der Waals surface area contributed by atoms with Gasteiger partial charge in [0.05, 0.1) is 31.0 Å². The number of rotatable bonds is 6. The van der Waals surface area contributed by atoms with E-state index in [4.69, 9.17) is 9.47 Å². The number of benzene rings is 1. The van der Waals surface area contributed by atoms with Crippen molar-refractivity contribution < 1.29 is 23.9 Å². The number of ether oxygens (including phenoxy) is 2. The lowest BCUT2D eigenvalue weighted by atomic mass is 9.64. The quantitative estimate of drug-likeness (QED) is 0.288. The maximum Gasteiger partial charge on any atom is 0.312 e. The van der Waals surface area contributed by atoms with Gasteiger partial charge < -0.3 is 9.47 Å². The van der Waals surface area contributed by atoms with E-state index in [1.165, 1.54) is 12.7 Å². The van der Waals surface area contributed by atoms with Gasteiger partial charge in [-0.25, -0.2) is 0 Å². The number of nitrogens with zero attached hydrogens (tertiary/aromatic N) is 3. The van der Waals surface area contributed by atoms with Gasteiger partial charge in [0.15, 0.2) is 0 Å². The summed E-state index contributed by atoms with van der Waals surface area (Å²) in [5.41, 5.74) is 3.18. The van der Waals surface area contributed by atoms with E-state index in [1.54, 1.807) is 20.8 Å². The molecule has 2 aliphatic heterocycles. The third-order valence-corrected chi connectivity index (χ3v) is 9.32. The van der Waals surface area contributed by atoms with Crippen LogP contribution in [0.1, 0.15) is 68.5 Å². The lowest BCUT2D eigenvalue weighted by Crippen LogP contribution is -2.54. The van der Waals surface area contributed by atoms with Crippen molar-refractivity contribution in [2.24, 2.45) is 22.3 Å². The van der Waals surface area contributed by atoms with Crippen LogP contribution in [-0.2, 0) is 25.5 Å². The van der Waals surface area contributed by atoms with Gasteiger partial charge in [-0.05, 0) is 63.0 Å². The molecule has 0 spiro atoms. The second-order valence-corrected chi connectivity index (χ2v) is 12.8. The highest BCUT2D eigenvalue weighted by Crippen LogP contribution is 2.50. The summed E-state index contributed by atoms with van der Waals surface area (Å²) in [7, 11) is 1.38. The zero-order chi connectivity index (χ0) is 27.2. The molecule has 2 aromatic rings. The Bertz CT molecular complexity index is 1270. The second kappa shape index (κ2) is 10.4. The van der Waals surface area contributed by atoms with Crippen molar-refractivity contribution in [3.8, 4) is 0 Å². The topological polar surface area (TPSA) is 107 Å².